The van der Waals surface area contributed by atoms with E-state index < -0.39 is 6.99 Å². The Balaban J connectivity index is 2.29. The normalized spacial score (nSPS) is 34.5. The summed E-state index contributed by atoms with van der Waals surface area (Å²) in [5, 5.41) is 0. The lowest BCUT2D eigenvalue weighted by molar-refractivity contribution is 0.212. The molecule has 1 saturated heterocycles. The van der Waals surface area contributed by atoms with Crippen molar-refractivity contribution < 1.29 is 4.52 Å². The standard InChI is InChI=1S/C12H20N2OPS/c1-10-12(11-8-6-5-7-9-11)15-16(17,13(2)3)14(10)4/h5-10,12,17H,1-4H3/q+1/t10-,12?,16?/m0/s1. The number of hydrogen-bond donors (Lipinski definition) is 1. The van der Waals surface area contributed by atoms with Crippen LogP contribution in [-0.2, 0) is 4.52 Å². The average molecular weight is 271 g/mol. The van der Waals surface area contributed by atoms with Gasteiger partial charge in [-0.25, -0.2) is 0 Å². The Morgan fingerprint density at radius 2 is 1.88 bits per heavy atom. The molecule has 1 heterocycles. The molecule has 94 valence electrons. The fourth-order valence-corrected chi connectivity index (χ4v) is 5.00. The first-order valence-electron chi connectivity index (χ1n) is 5.73. The van der Waals surface area contributed by atoms with Gasteiger partial charge in [0.1, 0.15) is 0 Å². The zero-order chi connectivity index (χ0) is 12.6. The van der Waals surface area contributed by atoms with Gasteiger partial charge in [-0.15, -0.1) is 9.34 Å². The molecule has 0 bridgehead atoms. The van der Waals surface area contributed by atoms with Crippen molar-refractivity contribution in [2.75, 3.05) is 21.1 Å². The molecular weight excluding hydrogens is 251 g/mol. The summed E-state index contributed by atoms with van der Waals surface area (Å²) in [6, 6.07) is 10.7. The molecule has 0 aliphatic carbocycles. The van der Waals surface area contributed by atoms with Gasteiger partial charge in [-0.1, -0.05) is 30.3 Å². The number of benzene rings is 1. The van der Waals surface area contributed by atoms with Crippen molar-refractivity contribution in [1.29, 1.82) is 0 Å². The third-order valence-corrected chi connectivity index (χ3v) is 8.28. The van der Waals surface area contributed by atoms with Crippen LogP contribution >= 0.6 is 19.2 Å². The van der Waals surface area contributed by atoms with E-state index >= 15 is 0 Å². The second-order valence-electron chi connectivity index (χ2n) is 4.61. The third-order valence-electron chi connectivity index (χ3n) is 3.34. The molecule has 1 fully saturated rings. The summed E-state index contributed by atoms with van der Waals surface area (Å²) >= 11 is 4.78. The first-order valence-corrected chi connectivity index (χ1v) is 8.49. The first kappa shape index (κ1) is 13.3. The van der Waals surface area contributed by atoms with E-state index in [1.165, 1.54) is 5.56 Å². The molecule has 3 atom stereocenters. The molecule has 1 aromatic rings. The number of hydrogen-bond acceptors (Lipinski definition) is 4. The molecule has 5 heteroatoms. The highest BCUT2D eigenvalue weighted by Crippen LogP contribution is 2.75. The monoisotopic (exact) mass is 271 g/mol. The van der Waals surface area contributed by atoms with Gasteiger partial charge in [0.25, 0.3) is 0 Å². The van der Waals surface area contributed by atoms with Crippen molar-refractivity contribution in [3.05, 3.63) is 35.9 Å². The predicted molar refractivity (Wildman–Crippen MR) is 77.1 cm³/mol. The molecule has 0 radical (unpaired) electrons. The lowest BCUT2D eigenvalue weighted by Gasteiger charge is -2.25. The second-order valence-corrected chi connectivity index (χ2v) is 8.84. The molecule has 1 aliphatic heterocycles. The van der Waals surface area contributed by atoms with E-state index in [9.17, 15) is 0 Å². The maximum absolute atomic E-state index is 6.25. The van der Waals surface area contributed by atoms with E-state index in [2.05, 4.69) is 47.6 Å². The van der Waals surface area contributed by atoms with Crippen LogP contribution < -0.4 is 0 Å². The topological polar surface area (TPSA) is 15.7 Å². The largest absolute Gasteiger partial charge is 0.349 e. The number of thiol groups is 1. The molecule has 17 heavy (non-hydrogen) atoms. The Labute approximate surface area is 109 Å². The third kappa shape index (κ3) is 2.25. The van der Waals surface area contributed by atoms with Gasteiger partial charge < -0.3 is 0 Å². The van der Waals surface area contributed by atoms with Crippen LogP contribution in [0.1, 0.15) is 18.6 Å². The minimum absolute atomic E-state index is 0.106. The number of rotatable bonds is 2. The van der Waals surface area contributed by atoms with Gasteiger partial charge in [0.2, 0.25) is 0 Å². The summed E-state index contributed by atoms with van der Waals surface area (Å²) in [6.07, 6.45) is 0.106. The van der Waals surface area contributed by atoms with E-state index in [0.29, 0.717) is 6.04 Å². The Morgan fingerprint density at radius 3 is 2.35 bits per heavy atom. The van der Waals surface area contributed by atoms with Gasteiger partial charge in [0.05, 0.1) is 18.3 Å². The van der Waals surface area contributed by atoms with Gasteiger partial charge >= 0.3 is 6.99 Å². The maximum atomic E-state index is 6.25. The minimum atomic E-state index is -1.90. The van der Waals surface area contributed by atoms with Crippen molar-refractivity contribution in [3.63, 3.8) is 0 Å². The SMILES string of the molecule is C[C@H]1C(c2ccccc2)O[P+](S)(N(C)C)N1C. The summed E-state index contributed by atoms with van der Waals surface area (Å²) in [6.45, 7) is 0.294. The average Bonchev–Trinajstić information content (AvgIpc) is 2.56. The van der Waals surface area contributed by atoms with Gasteiger partial charge in [0, 0.05) is 21.1 Å². The van der Waals surface area contributed by atoms with Crippen LogP contribution in [0.5, 0.6) is 0 Å². The van der Waals surface area contributed by atoms with Gasteiger partial charge in [-0.05, 0) is 12.5 Å². The molecule has 0 saturated carbocycles. The Kier molecular flexibility index (Phi) is 3.81. The molecule has 0 spiro atoms. The maximum Gasteiger partial charge on any atom is 0.349 e. The van der Waals surface area contributed by atoms with Gasteiger partial charge in [-0.3, -0.25) is 0 Å². The predicted octanol–water partition coefficient (Wildman–Crippen LogP) is 3.25. The Bertz CT molecular complexity index is 389. The van der Waals surface area contributed by atoms with E-state index in [0.717, 1.165) is 0 Å². The van der Waals surface area contributed by atoms with Crippen LogP contribution in [-0.4, -0.2) is 36.5 Å². The summed E-state index contributed by atoms with van der Waals surface area (Å²) in [4.78, 5) is 0. The molecule has 3 nitrogen and oxygen atoms in total. The van der Waals surface area contributed by atoms with E-state index in [4.69, 9.17) is 16.8 Å². The first-order chi connectivity index (χ1) is 7.97. The molecule has 0 aromatic heterocycles. The van der Waals surface area contributed by atoms with E-state index in [1.807, 2.05) is 20.2 Å². The van der Waals surface area contributed by atoms with Gasteiger partial charge in [-0.2, -0.15) is 4.52 Å². The number of likely N-dealkylation sites (N-methyl/N-ethyl adjacent to an activating group) is 1. The van der Waals surface area contributed by atoms with E-state index in [-0.39, 0.29) is 6.10 Å². The van der Waals surface area contributed by atoms with Crippen LogP contribution in [0, 0.1) is 0 Å². The highest BCUT2D eigenvalue weighted by Gasteiger charge is 2.58. The van der Waals surface area contributed by atoms with Crippen LogP contribution in [0.4, 0.5) is 0 Å². The molecule has 0 amide bonds. The molecule has 1 aromatic carbocycles. The van der Waals surface area contributed by atoms with Crippen molar-refractivity contribution in [1.82, 2.24) is 9.34 Å². The molecule has 2 unspecified atom stereocenters. The lowest BCUT2D eigenvalue weighted by Crippen LogP contribution is -2.27. The zero-order valence-corrected chi connectivity index (χ0v) is 12.5. The fraction of sp³-hybridized carbons (Fsp3) is 0.500. The Morgan fingerprint density at radius 1 is 1.29 bits per heavy atom. The second kappa shape index (κ2) is 4.87. The quantitative estimate of drug-likeness (QED) is 0.657. The van der Waals surface area contributed by atoms with Crippen molar-refractivity contribution in [3.8, 4) is 0 Å². The number of nitrogens with zero attached hydrogens (tertiary/aromatic N) is 2. The fourth-order valence-electron chi connectivity index (χ4n) is 2.11. The summed E-state index contributed by atoms with van der Waals surface area (Å²) in [5.74, 6) is 0. The highest BCUT2D eigenvalue weighted by atomic mass is 32.7. The highest BCUT2D eigenvalue weighted by molar-refractivity contribution is 8.49. The summed E-state index contributed by atoms with van der Waals surface area (Å²) in [5.41, 5.74) is 1.23. The molecule has 2 rings (SSSR count). The van der Waals surface area contributed by atoms with Crippen molar-refractivity contribution in [2.45, 2.75) is 19.1 Å². The summed E-state index contributed by atoms with van der Waals surface area (Å²) in [7, 11) is 6.14. The van der Waals surface area contributed by atoms with E-state index in [1.54, 1.807) is 0 Å². The molecule has 0 N–H and O–H groups in total. The summed E-state index contributed by atoms with van der Waals surface area (Å²) < 4.78 is 10.6. The van der Waals surface area contributed by atoms with Gasteiger partial charge in [0.15, 0.2) is 6.10 Å². The smallest absolute Gasteiger partial charge is 0.177 e. The zero-order valence-electron chi connectivity index (χ0n) is 10.7. The Hall–Kier alpha value is -0.120. The lowest BCUT2D eigenvalue weighted by atomic mass is 10.0. The van der Waals surface area contributed by atoms with Crippen LogP contribution in [0.3, 0.4) is 0 Å². The van der Waals surface area contributed by atoms with Crippen LogP contribution in [0.2, 0.25) is 0 Å². The van der Waals surface area contributed by atoms with Crippen molar-refractivity contribution in [2.24, 2.45) is 0 Å². The minimum Gasteiger partial charge on any atom is -0.177 e. The molecule has 1 aliphatic rings. The van der Waals surface area contributed by atoms with Crippen LogP contribution in [0.15, 0.2) is 30.3 Å². The molecular formula is C12H20N2OPS+. The van der Waals surface area contributed by atoms with Crippen LogP contribution in [0.25, 0.3) is 0 Å². The van der Waals surface area contributed by atoms with Crippen molar-refractivity contribution >= 4 is 19.2 Å².